The molecule has 148 valence electrons. The number of nitrogens with zero attached hydrogens (tertiary/aromatic N) is 1. The molecule has 0 aliphatic rings. The molecule has 0 spiro atoms. The summed E-state index contributed by atoms with van der Waals surface area (Å²) >= 11 is 0. The van der Waals surface area contributed by atoms with E-state index in [1.165, 1.54) is 23.5 Å². The number of benzene rings is 1. The SMILES string of the molecule is C=c1cc(-c2ccc(F)cc2)o/c1=C/C(=C(C)C)N(C)S(C)(=O)=O.CNC. The lowest BCUT2D eigenvalue weighted by molar-refractivity contribution is 0.529. The van der Waals surface area contributed by atoms with Crippen molar-refractivity contribution in [1.29, 1.82) is 0 Å². The van der Waals surface area contributed by atoms with Gasteiger partial charge in [-0.15, -0.1) is 0 Å². The van der Waals surface area contributed by atoms with Gasteiger partial charge in [0, 0.05) is 23.9 Å². The smallest absolute Gasteiger partial charge is 0.231 e. The summed E-state index contributed by atoms with van der Waals surface area (Å²) < 4.78 is 43.6. The maximum atomic E-state index is 13.0. The number of allylic oxidation sites excluding steroid dienone is 2. The third-order valence-corrected chi connectivity index (χ3v) is 4.78. The van der Waals surface area contributed by atoms with E-state index in [-0.39, 0.29) is 5.82 Å². The van der Waals surface area contributed by atoms with E-state index in [1.54, 1.807) is 24.3 Å². The van der Waals surface area contributed by atoms with Crippen LogP contribution in [0.1, 0.15) is 13.8 Å². The second kappa shape index (κ2) is 9.53. The van der Waals surface area contributed by atoms with Gasteiger partial charge in [-0.05, 0) is 58.3 Å². The number of rotatable bonds is 4. The zero-order chi connectivity index (χ0) is 20.8. The van der Waals surface area contributed by atoms with Gasteiger partial charge in [0.15, 0.2) is 0 Å². The van der Waals surface area contributed by atoms with Gasteiger partial charge in [-0.3, -0.25) is 4.31 Å². The van der Waals surface area contributed by atoms with Crippen molar-refractivity contribution < 1.29 is 17.2 Å². The Kier molecular flexibility index (Phi) is 7.99. The van der Waals surface area contributed by atoms with Gasteiger partial charge in [-0.2, -0.15) is 0 Å². The molecule has 0 aliphatic carbocycles. The monoisotopic (exact) mass is 394 g/mol. The first-order valence-corrected chi connectivity index (χ1v) is 10.1. The lowest BCUT2D eigenvalue weighted by Crippen LogP contribution is -2.27. The third-order valence-electron chi connectivity index (χ3n) is 3.59. The summed E-state index contributed by atoms with van der Waals surface area (Å²) in [6, 6.07) is 7.66. The highest BCUT2D eigenvalue weighted by Gasteiger charge is 2.15. The van der Waals surface area contributed by atoms with Crippen molar-refractivity contribution in [2.75, 3.05) is 27.4 Å². The van der Waals surface area contributed by atoms with Gasteiger partial charge in [-0.1, -0.05) is 12.2 Å². The van der Waals surface area contributed by atoms with Crippen LogP contribution in [0.5, 0.6) is 0 Å². The number of sulfonamides is 1. The molecule has 1 heterocycles. The maximum Gasteiger partial charge on any atom is 0.231 e. The predicted octanol–water partition coefficient (Wildman–Crippen LogP) is 2.30. The van der Waals surface area contributed by atoms with E-state index in [4.69, 9.17) is 4.42 Å². The highest BCUT2D eigenvalue weighted by Crippen LogP contribution is 2.18. The molecule has 1 N–H and O–H groups in total. The molecule has 0 saturated carbocycles. The number of nitrogens with one attached hydrogen (secondary N) is 1. The molecular weight excluding hydrogens is 367 g/mol. The first kappa shape index (κ1) is 22.7. The molecule has 1 aromatic heterocycles. The molecule has 0 unspecified atom stereocenters. The second-order valence-electron chi connectivity index (χ2n) is 6.27. The number of hydrogen-bond donors (Lipinski definition) is 1. The molecule has 27 heavy (non-hydrogen) atoms. The zero-order valence-corrected chi connectivity index (χ0v) is 17.4. The summed E-state index contributed by atoms with van der Waals surface area (Å²) in [5, 5.41) is 3.37. The molecule has 0 radical (unpaired) electrons. The topological polar surface area (TPSA) is 62.6 Å². The van der Waals surface area contributed by atoms with Crippen LogP contribution in [0.15, 0.2) is 46.0 Å². The standard InChI is InChI=1S/C18H20FNO3S.C2H7N/c1-12(2)16(20(4)24(5,21)22)11-17-13(3)10-18(23-17)14-6-8-15(19)9-7-14;1-3-2/h6-11H,3H2,1-2,4-5H3;3H,1-2H3/b17-11+;. The van der Waals surface area contributed by atoms with Crippen LogP contribution in [0.25, 0.3) is 24.0 Å². The molecule has 0 aliphatic heterocycles. The van der Waals surface area contributed by atoms with Gasteiger partial charge in [-0.25, -0.2) is 12.8 Å². The summed E-state index contributed by atoms with van der Waals surface area (Å²) in [6.07, 6.45) is 2.78. The van der Waals surface area contributed by atoms with Gasteiger partial charge >= 0.3 is 0 Å². The van der Waals surface area contributed by atoms with Crippen LogP contribution in [-0.4, -0.2) is 40.1 Å². The largest absolute Gasteiger partial charge is 0.456 e. The van der Waals surface area contributed by atoms with Gasteiger partial charge in [0.25, 0.3) is 0 Å². The molecular formula is C20H27FN2O3S. The molecule has 0 fully saturated rings. The third kappa shape index (κ3) is 6.37. The van der Waals surface area contributed by atoms with Crippen molar-refractivity contribution in [1.82, 2.24) is 9.62 Å². The molecule has 2 rings (SSSR count). The summed E-state index contributed by atoms with van der Waals surface area (Å²) in [5.41, 5.74) is 2.52. The van der Waals surface area contributed by atoms with Crippen LogP contribution in [0, 0.1) is 5.82 Å². The zero-order valence-electron chi connectivity index (χ0n) is 16.6. The molecule has 1 aromatic carbocycles. The van der Waals surface area contributed by atoms with Gasteiger partial charge in [0.05, 0.1) is 12.0 Å². The Hall–Kier alpha value is -2.38. The number of hydrogen-bond acceptors (Lipinski definition) is 4. The fourth-order valence-corrected chi connectivity index (χ4v) is 2.77. The predicted molar refractivity (Wildman–Crippen MR) is 109 cm³/mol. The van der Waals surface area contributed by atoms with Crippen molar-refractivity contribution in [3.63, 3.8) is 0 Å². The lowest BCUT2D eigenvalue weighted by atomic mass is 10.2. The lowest BCUT2D eigenvalue weighted by Gasteiger charge is -2.19. The first-order chi connectivity index (χ1) is 12.5. The Morgan fingerprint density at radius 1 is 1.22 bits per heavy atom. The van der Waals surface area contributed by atoms with E-state index in [0.717, 1.165) is 17.4 Å². The summed E-state index contributed by atoms with van der Waals surface area (Å²) in [6.45, 7) is 7.57. The van der Waals surface area contributed by atoms with Crippen LogP contribution in [0.3, 0.4) is 0 Å². The summed E-state index contributed by atoms with van der Waals surface area (Å²) in [4.78, 5) is 0. The molecule has 0 atom stereocenters. The van der Waals surface area contributed by atoms with Crippen molar-refractivity contribution in [2.45, 2.75) is 13.8 Å². The minimum atomic E-state index is -3.39. The Balaban J connectivity index is 0.00000114. The Morgan fingerprint density at radius 2 is 1.74 bits per heavy atom. The van der Waals surface area contributed by atoms with E-state index in [1.807, 2.05) is 27.9 Å². The Bertz CT molecular complexity index is 1000. The van der Waals surface area contributed by atoms with E-state index in [2.05, 4.69) is 11.9 Å². The fourth-order valence-electron chi connectivity index (χ4n) is 2.17. The molecule has 0 saturated heterocycles. The maximum absolute atomic E-state index is 13.0. The first-order valence-electron chi connectivity index (χ1n) is 8.27. The van der Waals surface area contributed by atoms with Gasteiger partial charge in [0.2, 0.25) is 10.0 Å². The van der Waals surface area contributed by atoms with Crippen molar-refractivity contribution in [3.8, 4) is 11.3 Å². The van der Waals surface area contributed by atoms with E-state index in [9.17, 15) is 12.8 Å². The van der Waals surface area contributed by atoms with Crippen molar-refractivity contribution >= 4 is 22.7 Å². The molecule has 0 bridgehead atoms. The Morgan fingerprint density at radius 3 is 2.19 bits per heavy atom. The minimum absolute atomic E-state index is 0.325. The average Bonchev–Trinajstić information content (AvgIpc) is 2.93. The van der Waals surface area contributed by atoms with Crippen molar-refractivity contribution in [3.05, 3.63) is 58.1 Å². The van der Waals surface area contributed by atoms with E-state index < -0.39 is 10.0 Å². The Labute approximate surface area is 160 Å². The number of furan rings is 1. The highest BCUT2D eigenvalue weighted by molar-refractivity contribution is 7.88. The molecule has 7 heteroatoms. The van der Waals surface area contributed by atoms with Crippen LogP contribution in [-0.2, 0) is 10.0 Å². The quantitative estimate of drug-likeness (QED) is 0.864. The van der Waals surface area contributed by atoms with E-state index >= 15 is 0 Å². The molecule has 0 amide bonds. The van der Waals surface area contributed by atoms with Crippen LogP contribution in [0.4, 0.5) is 4.39 Å². The van der Waals surface area contributed by atoms with Crippen LogP contribution >= 0.6 is 0 Å². The summed E-state index contributed by atoms with van der Waals surface area (Å²) in [7, 11) is 1.85. The normalized spacial score (nSPS) is 11.6. The minimum Gasteiger partial charge on any atom is -0.456 e. The van der Waals surface area contributed by atoms with Crippen LogP contribution in [0.2, 0.25) is 0 Å². The van der Waals surface area contributed by atoms with Gasteiger partial charge in [0.1, 0.15) is 17.0 Å². The van der Waals surface area contributed by atoms with E-state index in [0.29, 0.717) is 22.1 Å². The molecule has 2 aromatic rings. The molecule has 5 nitrogen and oxygen atoms in total. The average molecular weight is 395 g/mol. The second-order valence-corrected chi connectivity index (χ2v) is 8.28. The summed E-state index contributed by atoms with van der Waals surface area (Å²) in [5.74, 6) is 0.218. The number of halogens is 1. The highest BCUT2D eigenvalue weighted by atomic mass is 32.2. The van der Waals surface area contributed by atoms with Crippen molar-refractivity contribution in [2.24, 2.45) is 0 Å². The van der Waals surface area contributed by atoms with Gasteiger partial charge < -0.3 is 9.73 Å². The fraction of sp³-hybridized carbons (Fsp3) is 0.300. The van der Waals surface area contributed by atoms with Crippen LogP contribution < -0.4 is 16.0 Å².